The van der Waals surface area contributed by atoms with Crippen LogP contribution in [0.3, 0.4) is 0 Å². The summed E-state index contributed by atoms with van der Waals surface area (Å²) in [4.78, 5) is 11.9. The second-order valence-corrected chi connectivity index (χ2v) is 5.58. The maximum absolute atomic E-state index is 11.9. The summed E-state index contributed by atoms with van der Waals surface area (Å²) in [5.41, 5.74) is 2.36. The lowest BCUT2D eigenvalue weighted by atomic mass is 10.1. The van der Waals surface area contributed by atoms with Gasteiger partial charge < -0.3 is 23.9 Å². The molecular weight excluding hydrogens is 334 g/mol. The quantitative estimate of drug-likeness (QED) is 0.697. The molecule has 26 heavy (non-hydrogen) atoms. The summed E-state index contributed by atoms with van der Waals surface area (Å²) in [5, 5.41) is 8.96. The third-order valence-corrected chi connectivity index (χ3v) is 3.89. The number of aromatic nitrogens is 1. The highest BCUT2D eigenvalue weighted by atomic mass is 16.5. The molecule has 0 atom stereocenters. The Morgan fingerprint density at radius 3 is 2.77 bits per heavy atom. The Morgan fingerprint density at radius 1 is 1.27 bits per heavy atom. The number of nitrogens with zero attached hydrogens (tertiary/aromatic N) is 1. The predicted molar refractivity (Wildman–Crippen MR) is 99.7 cm³/mol. The van der Waals surface area contributed by atoms with Crippen molar-refractivity contribution in [2.45, 2.75) is 13.3 Å². The van der Waals surface area contributed by atoms with Gasteiger partial charge in [-0.15, -0.1) is 0 Å². The fourth-order valence-corrected chi connectivity index (χ4v) is 2.55. The molecule has 0 radical (unpaired) electrons. The molecule has 6 heteroatoms. The van der Waals surface area contributed by atoms with Gasteiger partial charge in [-0.1, -0.05) is 6.08 Å². The highest BCUT2D eigenvalue weighted by molar-refractivity contribution is 5.88. The van der Waals surface area contributed by atoms with Crippen LogP contribution in [0.15, 0.2) is 36.4 Å². The molecule has 0 fully saturated rings. The molecule has 1 heterocycles. The van der Waals surface area contributed by atoms with Crippen LogP contribution < -0.4 is 9.47 Å². The van der Waals surface area contributed by atoms with E-state index >= 15 is 0 Å². The van der Waals surface area contributed by atoms with Crippen molar-refractivity contribution in [1.82, 2.24) is 4.57 Å². The minimum absolute atomic E-state index is 0.0404. The van der Waals surface area contributed by atoms with Crippen molar-refractivity contribution in [3.63, 3.8) is 0 Å². The molecular formula is C20H25NO5. The lowest BCUT2D eigenvalue weighted by molar-refractivity contribution is 0.0515. The molecule has 1 aromatic carbocycles. The van der Waals surface area contributed by atoms with Gasteiger partial charge in [0.05, 0.1) is 20.3 Å². The number of rotatable bonds is 9. The number of aliphatic hydroxyl groups is 1. The molecule has 0 aliphatic rings. The zero-order chi connectivity index (χ0) is 18.9. The monoisotopic (exact) mass is 359 g/mol. The molecule has 0 saturated heterocycles. The highest BCUT2D eigenvalue weighted by Crippen LogP contribution is 2.25. The lowest BCUT2D eigenvalue weighted by Crippen LogP contribution is -2.10. The van der Waals surface area contributed by atoms with Crippen LogP contribution in [0.25, 0.3) is 6.08 Å². The molecule has 2 aromatic rings. The third-order valence-electron chi connectivity index (χ3n) is 3.89. The molecule has 0 bridgehead atoms. The number of esters is 1. The number of allylic oxidation sites excluding steroid dienone is 1. The van der Waals surface area contributed by atoms with Crippen LogP contribution >= 0.6 is 0 Å². The van der Waals surface area contributed by atoms with Crippen LogP contribution in [0.2, 0.25) is 0 Å². The smallest absolute Gasteiger partial charge is 0.354 e. The Balaban J connectivity index is 2.14. The minimum atomic E-state index is -0.331. The predicted octanol–water partition coefficient (Wildman–Crippen LogP) is 2.84. The third kappa shape index (κ3) is 4.89. The van der Waals surface area contributed by atoms with E-state index in [9.17, 15) is 4.79 Å². The molecule has 0 spiro atoms. The van der Waals surface area contributed by atoms with Gasteiger partial charge in [-0.2, -0.15) is 0 Å². The molecule has 0 aliphatic heterocycles. The summed E-state index contributed by atoms with van der Waals surface area (Å²) in [6.45, 7) is 2.33. The summed E-state index contributed by atoms with van der Waals surface area (Å²) in [7, 11) is 3.44. The molecule has 1 aromatic heterocycles. The lowest BCUT2D eigenvalue weighted by Gasteiger charge is -2.11. The van der Waals surface area contributed by atoms with Gasteiger partial charge in [0.15, 0.2) is 0 Å². The first-order chi connectivity index (χ1) is 12.6. The van der Waals surface area contributed by atoms with Crippen molar-refractivity contribution < 1.29 is 24.1 Å². The van der Waals surface area contributed by atoms with Crippen molar-refractivity contribution in [2.24, 2.45) is 7.05 Å². The molecule has 2 rings (SSSR count). The zero-order valence-electron chi connectivity index (χ0n) is 15.4. The number of carbonyl (C=O) groups is 1. The van der Waals surface area contributed by atoms with Crippen LogP contribution in [-0.2, 0) is 18.2 Å². The number of hydrogen-bond acceptors (Lipinski definition) is 5. The van der Waals surface area contributed by atoms with E-state index in [0.717, 1.165) is 17.0 Å². The van der Waals surface area contributed by atoms with Crippen molar-refractivity contribution in [3.8, 4) is 11.5 Å². The molecule has 6 nitrogen and oxygen atoms in total. The van der Waals surface area contributed by atoms with Crippen LogP contribution in [0.5, 0.6) is 11.5 Å². The summed E-state index contributed by atoms with van der Waals surface area (Å²) < 4.78 is 17.7. The van der Waals surface area contributed by atoms with E-state index in [1.807, 2.05) is 43.5 Å². The number of carbonyl (C=O) groups excluding carboxylic acids is 1. The Hall–Kier alpha value is -2.73. The molecule has 0 saturated carbocycles. The number of benzene rings is 1. The van der Waals surface area contributed by atoms with Crippen LogP contribution in [0, 0.1) is 0 Å². The van der Waals surface area contributed by atoms with E-state index in [0.29, 0.717) is 24.5 Å². The van der Waals surface area contributed by atoms with Gasteiger partial charge in [0, 0.05) is 18.3 Å². The minimum Gasteiger partial charge on any atom is -0.497 e. The Morgan fingerprint density at radius 2 is 2.08 bits per heavy atom. The Labute approximate surface area is 153 Å². The number of methoxy groups -OCH3 is 1. The topological polar surface area (TPSA) is 69.9 Å². The first kappa shape index (κ1) is 19.6. The van der Waals surface area contributed by atoms with Gasteiger partial charge in [0.25, 0.3) is 0 Å². The normalized spacial score (nSPS) is 10.9. The van der Waals surface area contributed by atoms with E-state index in [1.54, 1.807) is 24.7 Å². The highest BCUT2D eigenvalue weighted by Gasteiger charge is 2.12. The van der Waals surface area contributed by atoms with E-state index < -0.39 is 0 Å². The SMILES string of the molecule is CCOC(=O)c1ccc(C=CCc2cc(OC)ccc2OCCO)n1C. The maximum atomic E-state index is 11.9. The van der Waals surface area contributed by atoms with E-state index in [2.05, 4.69) is 0 Å². The number of hydrogen-bond donors (Lipinski definition) is 1. The Bertz CT molecular complexity index is 764. The second-order valence-electron chi connectivity index (χ2n) is 5.58. The molecule has 0 aliphatic carbocycles. The zero-order valence-corrected chi connectivity index (χ0v) is 15.4. The van der Waals surface area contributed by atoms with Crippen molar-refractivity contribution >= 4 is 12.0 Å². The second kappa shape index (κ2) is 9.68. The largest absolute Gasteiger partial charge is 0.497 e. The first-order valence-electron chi connectivity index (χ1n) is 8.50. The summed E-state index contributed by atoms with van der Waals surface area (Å²) >= 11 is 0. The number of aliphatic hydroxyl groups excluding tert-OH is 1. The van der Waals surface area contributed by atoms with Crippen LogP contribution in [0.4, 0.5) is 0 Å². The summed E-state index contributed by atoms with van der Waals surface area (Å²) in [6.07, 6.45) is 4.56. The fourth-order valence-electron chi connectivity index (χ4n) is 2.55. The van der Waals surface area contributed by atoms with Gasteiger partial charge in [-0.05, 0) is 49.8 Å². The van der Waals surface area contributed by atoms with Gasteiger partial charge in [0.2, 0.25) is 0 Å². The van der Waals surface area contributed by atoms with Crippen molar-refractivity contribution in [3.05, 3.63) is 53.4 Å². The van der Waals surface area contributed by atoms with Gasteiger partial charge in [-0.25, -0.2) is 4.79 Å². The average molecular weight is 359 g/mol. The summed E-state index contributed by atoms with van der Waals surface area (Å²) in [5.74, 6) is 1.12. The standard InChI is InChI=1S/C20H25NO5/c1-4-25-20(23)18-10-8-16(21(18)2)7-5-6-15-14-17(24-3)9-11-19(15)26-13-12-22/h5,7-11,14,22H,4,6,12-13H2,1-3H3. The number of ether oxygens (including phenoxy) is 3. The van der Waals surface area contributed by atoms with E-state index in [4.69, 9.17) is 19.3 Å². The fraction of sp³-hybridized carbons (Fsp3) is 0.350. The van der Waals surface area contributed by atoms with Crippen molar-refractivity contribution in [2.75, 3.05) is 26.9 Å². The molecule has 0 amide bonds. The first-order valence-corrected chi connectivity index (χ1v) is 8.50. The maximum Gasteiger partial charge on any atom is 0.354 e. The molecule has 1 N–H and O–H groups in total. The average Bonchev–Trinajstić information content (AvgIpc) is 3.01. The van der Waals surface area contributed by atoms with Gasteiger partial charge in [-0.3, -0.25) is 0 Å². The van der Waals surface area contributed by atoms with Gasteiger partial charge in [0.1, 0.15) is 23.8 Å². The molecule has 0 unspecified atom stereocenters. The van der Waals surface area contributed by atoms with E-state index in [1.165, 1.54) is 0 Å². The Kier molecular flexibility index (Phi) is 7.29. The van der Waals surface area contributed by atoms with Crippen LogP contribution in [-0.4, -0.2) is 42.6 Å². The summed E-state index contributed by atoms with van der Waals surface area (Å²) in [6, 6.07) is 9.18. The van der Waals surface area contributed by atoms with Crippen molar-refractivity contribution in [1.29, 1.82) is 0 Å². The van der Waals surface area contributed by atoms with Crippen LogP contribution in [0.1, 0.15) is 28.7 Å². The molecule has 140 valence electrons. The van der Waals surface area contributed by atoms with E-state index in [-0.39, 0.29) is 19.2 Å². The van der Waals surface area contributed by atoms with Gasteiger partial charge >= 0.3 is 5.97 Å².